The van der Waals surface area contributed by atoms with Crippen LogP contribution in [-0.4, -0.2) is 21.0 Å². The highest BCUT2D eigenvalue weighted by molar-refractivity contribution is 7.89. The third kappa shape index (κ3) is 4.21. The lowest BCUT2D eigenvalue weighted by molar-refractivity contribution is 0.495. The van der Waals surface area contributed by atoms with Gasteiger partial charge in [0.25, 0.3) is 0 Å². The van der Waals surface area contributed by atoms with E-state index in [1.807, 2.05) is 13.8 Å². The molecular formula is C15H24N2O2S. The van der Waals surface area contributed by atoms with Gasteiger partial charge in [-0.05, 0) is 49.9 Å². The summed E-state index contributed by atoms with van der Waals surface area (Å²) in [4.78, 5) is 0.341. The Kier molecular flexibility index (Phi) is 5.05. The average Bonchev–Trinajstić information content (AvgIpc) is 3.23. The molecular weight excluding hydrogens is 272 g/mol. The Labute approximate surface area is 122 Å². The second kappa shape index (κ2) is 6.59. The first-order chi connectivity index (χ1) is 9.55. The molecule has 1 aliphatic rings. The van der Waals surface area contributed by atoms with E-state index in [9.17, 15) is 8.42 Å². The molecule has 0 heterocycles. The molecule has 1 aromatic carbocycles. The molecule has 1 unspecified atom stereocenters. The average molecular weight is 296 g/mol. The smallest absolute Gasteiger partial charge is 0.240 e. The summed E-state index contributed by atoms with van der Waals surface area (Å²) in [5, 5.41) is 3.16. The fourth-order valence-electron chi connectivity index (χ4n) is 2.30. The van der Waals surface area contributed by atoms with Crippen LogP contribution in [0.4, 0.5) is 5.69 Å². The number of hydrogen-bond acceptors (Lipinski definition) is 3. The van der Waals surface area contributed by atoms with E-state index in [0.717, 1.165) is 31.0 Å². The van der Waals surface area contributed by atoms with Crippen molar-refractivity contribution in [2.75, 3.05) is 11.9 Å². The maximum absolute atomic E-state index is 12.3. The molecule has 0 aromatic heterocycles. The van der Waals surface area contributed by atoms with Gasteiger partial charge < -0.3 is 5.32 Å². The van der Waals surface area contributed by atoms with Crippen molar-refractivity contribution in [1.82, 2.24) is 4.72 Å². The van der Waals surface area contributed by atoms with Crippen molar-refractivity contribution >= 4 is 15.7 Å². The zero-order chi connectivity index (χ0) is 14.6. The highest BCUT2D eigenvalue weighted by atomic mass is 32.2. The highest BCUT2D eigenvalue weighted by Gasteiger charge is 2.27. The van der Waals surface area contributed by atoms with Gasteiger partial charge in [0.15, 0.2) is 0 Å². The van der Waals surface area contributed by atoms with Crippen LogP contribution in [0.5, 0.6) is 0 Å². The van der Waals surface area contributed by atoms with E-state index in [1.54, 1.807) is 24.3 Å². The Hall–Kier alpha value is -1.07. The fourth-order valence-corrected chi connectivity index (χ4v) is 3.63. The van der Waals surface area contributed by atoms with Crippen molar-refractivity contribution in [3.8, 4) is 0 Å². The molecule has 1 aromatic rings. The molecule has 0 bridgehead atoms. The van der Waals surface area contributed by atoms with Gasteiger partial charge in [-0.3, -0.25) is 0 Å². The lowest BCUT2D eigenvalue weighted by Gasteiger charge is -2.17. The van der Waals surface area contributed by atoms with Gasteiger partial charge in [-0.15, -0.1) is 0 Å². The van der Waals surface area contributed by atoms with Crippen molar-refractivity contribution in [2.24, 2.45) is 5.92 Å². The number of anilines is 1. The molecule has 1 aliphatic carbocycles. The van der Waals surface area contributed by atoms with Gasteiger partial charge in [0.05, 0.1) is 4.90 Å². The van der Waals surface area contributed by atoms with Crippen LogP contribution in [0.25, 0.3) is 0 Å². The van der Waals surface area contributed by atoms with Crippen LogP contribution in [0.15, 0.2) is 29.2 Å². The number of benzene rings is 1. The van der Waals surface area contributed by atoms with Crippen LogP contribution >= 0.6 is 0 Å². The van der Waals surface area contributed by atoms with Crippen molar-refractivity contribution in [1.29, 1.82) is 0 Å². The Morgan fingerprint density at radius 1 is 1.20 bits per heavy atom. The van der Waals surface area contributed by atoms with Crippen molar-refractivity contribution in [3.63, 3.8) is 0 Å². The molecule has 1 fully saturated rings. The van der Waals surface area contributed by atoms with E-state index >= 15 is 0 Å². The first-order valence-corrected chi connectivity index (χ1v) is 8.89. The summed E-state index contributed by atoms with van der Waals surface area (Å²) < 4.78 is 27.5. The Bertz CT molecular complexity index is 521. The molecule has 2 N–H and O–H groups in total. The van der Waals surface area contributed by atoms with Gasteiger partial charge >= 0.3 is 0 Å². The standard InChI is InChI=1S/C15H24N2O2S/c1-3-13(11-12-5-6-12)17-20(18,19)15-9-7-14(8-10-15)16-4-2/h7-10,12-13,16-17H,3-6,11H2,1-2H3. The summed E-state index contributed by atoms with van der Waals surface area (Å²) in [6.07, 6.45) is 4.29. The minimum Gasteiger partial charge on any atom is -0.385 e. The Morgan fingerprint density at radius 2 is 1.85 bits per heavy atom. The monoisotopic (exact) mass is 296 g/mol. The zero-order valence-corrected chi connectivity index (χ0v) is 13.0. The summed E-state index contributed by atoms with van der Waals surface area (Å²) in [6.45, 7) is 4.86. The largest absolute Gasteiger partial charge is 0.385 e. The summed E-state index contributed by atoms with van der Waals surface area (Å²) >= 11 is 0. The van der Waals surface area contributed by atoms with Crippen LogP contribution < -0.4 is 10.0 Å². The predicted molar refractivity (Wildman–Crippen MR) is 82.3 cm³/mol. The van der Waals surface area contributed by atoms with Crippen LogP contribution in [0.2, 0.25) is 0 Å². The second-order valence-electron chi connectivity index (χ2n) is 5.46. The fraction of sp³-hybridized carbons (Fsp3) is 0.600. The minimum absolute atomic E-state index is 0.0564. The molecule has 0 saturated heterocycles. The highest BCUT2D eigenvalue weighted by Crippen LogP contribution is 2.34. The Balaban J connectivity index is 2.03. The van der Waals surface area contributed by atoms with Gasteiger partial charge in [0.1, 0.15) is 0 Å². The normalized spacial score (nSPS) is 16.9. The maximum atomic E-state index is 12.3. The van der Waals surface area contributed by atoms with E-state index in [4.69, 9.17) is 0 Å². The van der Waals surface area contributed by atoms with E-state index in [2.05, 4.69) is 10.0 Å². The second-order valence-corrected chi connectivity index (χ2v) is 7.17. The molecule has 0 amide bonds. The quantitative estimate of drug-likeness (QED) is 0.775. The SMILES string of the molecule is CCNc1ccc(S(=O)(=O)NC(CC)CC2CC2)cc1. The van der Waals surface area contributed by atoms with E-state index in [0.29, 0.717) is 4.90 Å². The first kappa shape index (κ1) is 15.3. The van der Waals surface area contributed by atoms with Gasteiger partial charge in [-0.1, -0.05) is 19.8 Å². The van der Waals surface area contributed by atoms with E-state index in [-0.39, 0.29) is 6.04 Å². The summed E-state index contributed by atoms with van der Waals surface area (Å²) in [7, 11) is -3.40. The molecule has 112 valence electrons. The van der Waals surface area contributed by atoms with Crippen molar-refractivity contribution in [3.05, 3.63) is 24.3 Å². The third-order valence-corrected chi connectivity index (χ3v) is 5.21. The van der Waals surface area contributed by atoms with Gasteiger partial charge in [0, 0.05) is 18.3 Å². The molecule has 2 rings (SSSR count). The predicted octanol–water partition coefficient (Wildman–Crippen LogP) is 2.98. The summed E-state index contributed by atoms with van der Waals surface area (Å²) in [6, 6.07) is 6.98. The molecule has 5 heteroatoms. The Morgan fingerprint density at radius 3 is 2.35 bits per heavy atom. The molecule has 4 nitrogen and oxygen atoms in total. The van der Waals surface area contributed by atoms with Crippen molar-refractivity contribution in [2.45, 2.75) is 50.5 Å². The van der Waals surface area contributed by atoms with Crippen LogP contribution in [0, 0.1) is 5.92 Å². The molecule has 0 radical (unpaired) electrons. The molecule has 1 saturated carbocycles. The maximum Gasteiger partial charge on any atom is 0.240 e. The molecule has 0 aliphatic heterocycles. The van der Waals surface area contributed by atoms with E-state index < -0.39 is 10.0 Å². The van der Waals surface area contributed by atoms with Crippen LogP contribution in [0.3, 0.4) is 0 Å². The zero-order valence-electron chi connectivity index (χ0n) is 12.2. The number of sulfonamides is 1. The molecule has 20 heavy (non-hydrogen) atoms. The topological polar surface area (TPSA) is 58.2 Å². The number of hydrogen-bond donors (Lipinski definition) is 2. The van der Waals surface area contributed by atoms with Gasteiger partial charge in [0.2, 0.25) is 10.0 Å². The van der Waals surface area contributed by atoms with Crippen LogP contribution in [-0.2, 0) is 10.0 Å². The lowest BCUT2D eigenvalue weighted by Crippen LogP contribution is -2.34. The number of nitrogens with one attached hydrogen (secondary N) is 2. The number of rotatable bonds is 8. The van der Waals surface area contributed by atoms with E-state index in [1.165, 1.54) is 12.8 Å². The van der Waals surface area contributed by atoms with Gasteiger partial charge in [-0.2, -0.15) is 0 Å². The minimum atomic E-state index is -3.40. The van der Waals surface area contributed by atoms with Crippen molar-refractivity contribution < 1.29 is 8.42 Å². The van der Waals surface area contributed by atoms with Crippen LogP contribution in [0.1, 0.15) is 39.5 Å². The lowest BCUT2D eigenvalue weighted by atomic mass is 10.1. The molecule has 0 spiro atoms. The van der Waals surface area contributed by atoms with Gasteiger partial charge in [-0.25, -0.2) is 13.1 Å². The summed E-state index contributed by atoms with van der Waals surface area (Å²) in [5.74, 6) is 0.721. The summed E-state index contributed by atoms with van der Waals surface area (Å²) in [5.41, 5.74) is 0.941. The first-order valence-electron chi connectivity index (χ1n) is 7.41. The third-order valence-electron chi connectivity index (χ3n) is 3.67. The molecule has 1 atom stereocenters.